The molecule has 5 heteroatoms. The molecule has 0 heterocycles. The summed E-state index contributed by atoms with van der Waals surface area (Å²) in [5.74, 6) is 2.52. The van der Waals surface area contributed by atoms with E-state index in [-0.39, 0.29) is 24.9 Å². The minimum atomic E-state index is -0.242. The fourth-order valence-electron chi connectivity index (χ4n) is 3.17. The van der Waals surface area contributed by atoms with Gasteiger partial charge in [-0.3, -0.25) is 4.79 Å². The molecule has 2 N–H and O–H groups in total. The van der Waals surface area contributed by atoms with Crippen LogP contribution in [0.15, 0.2) is 24.3 Å². The van der Waals surface area contributed by atoms with Crippen LogP contribution in [0.4, 0.5) is 4.79 Å². The molecule has 1 aromatic rings. The maximum atomic E-state index is 12.4. The number of hydrogen-bond donors (Lipinski definition) is 2. The quantitative estimate of drug-likeness (QED) is 0.739. The van der Waals surface area contributed by atoms with Crippen molar-refractivity contribution in [2.45, 2.75) is 58.0 Å². The minimum absolute atomic E-state index is 0.000709. The van der Waals surface area contributed by atoms with Crippen molar-refractivity contribution in [1.29, 1.82) is 0 Å². The zero-order valence-corrected chi connectivity index (χ0v) is 15.6. The van der Waals surface area contributed by atoms with Gasteiger partial charge >= 0.3 is 6.03 Å². The maximum absolute atomic E-state index is 12.4. The molecule has 0 aromatic heterocycles. The lowest BCUT2D eigenvalue weighted by Gasteiger charge is -2.23. The lowest BCUT2D eigenvalue weighted by molar-refractivity contribution is -0.121. The predicted molar refractivity (Wildman–Crippen MR) is 103 cm³/mol. The van der Waals surface area contributed by atoms with Crippen molar-refractivity contribution in [2.75, 3.05) is 13.1 Å². The highest BCUT2D eigenvalue weighted by atomic mass is 16.2. The van der Waals surface area contributed by atoms with E-state index < -0.39 is 0 Å². The number of nitrogens with zero attached hydrogens (tertiary/aromatic N) is 1. The Labute approximate surface area is 156 Å². The summed E-state index contributed by atoms with van der Waals surface area (Å²) in [5, 5.41) is 5.85. The van der Waals surface area contributed by atoms with E-state index in [9.17, 15) is 9.59 Å². The van der Waals surface area contributed by atoms with E-state index in [1.807, 2.05) is 31.2 Å². The van der Waals surface area contributed by atoms with E-state index in [4.69, 9.17) is 6.42 Å². The van der Waals surface area contributed by atoms with E-state index in [1.54, 1.807) is 4.90 Å². The van der Waals surface area contributed by atoms with Crippen molar-refractivity contribution >= 4 is 11.9 Å². The molecule has 2 rings (SSSR count). The number of carbonyl (C=O) groups excluding carboxylic acids is 2. The number of amides is 3. The Hall–Kier alpha value is -2.48. The third kappa shape index (κ3) is 6.79. The molecule has 0 saturated heterocycles. The van der Waals surface area contributed by atoms with Crippen molar-refractivity contribution in [3.05, 3.63) is 35.4 Å². The number of rotatable bonds is 7. The number of carbonyl (C=O) groups is 2. The third-order valence-corrected chi connectivity index (χ3v) is 4.66. The van der Waals surface area contributed by atoms with Crippen molar-refractivity contribution in [1.82, 2.24) is 15.5 Å². The Balaban J connectivity index is 1.75. The van der Waals surface area contributed by atoms with Gasteiger partial charge in [0.05, 0.1) is 6.54 Å². The Morgan fingerprint density at radius 3 is 2.54 bits per heavy atom. The molecule has 0 unspecified atom stereocenters. The number of aryl methyl sites for hydroxylation is 1. The van der Waals surface area contributed by atoms with Crippen LogP contribution in [0.5, 0.6) is 0 Å². The van der Waals surface area contributed by atoms with Gasteiger partial charge in [-0.1, -0.05) is 55.0 Å². The molecule has 5 nitrogen and oxygen atoms in total. The number of nitrogens with one attached hydrogen (secondary N) is 2. The molecule has 3 amide bonds. The average molecular weight is 355 g/mol. The molecular formula is C21H29N3O2. The number of hydrogen-bond acceptors (Lipinski definition) is 2. The zero-order valence-electron chi connectivity index (χ0n) is 15.6. The van der Waals surface area contributed by atoms with E-state index in [1.165, 1.54) is 24.8 Å². The molecule has 1 saturated carbocycles. The molecule has 140 valence electrons. The fourth-order valence-corrected chi connectivity index (χ4v) is 3.17. The summed E-state index contributed by atoms with van der Waals surface area (Å²) < 4.78 is 0. The number of urea groups is 1. The van der Waals surface area contributed by atoms with Crippen LogP contribution in [0.2, 0.25) is 0 Å². The topological polar surface area (TPSA) is 61.4 Å². The van der Waals surface area contributed by atoms with Crippen molar-refractivity contribution in [3.63, 3.8) is 0 Å². The van der Waals surface area contributed by atoms with Gasteiger partial charge in [0.25, 0.3) is 0 Å². The standard InChI is InChI=1S/C21H29N3O2/c1-3-15-24(16-18-11-9-17(2)10-12-18)21(26)22-14-13-20(25)23-19-7-5-4-6-8-19/h1,9-12,19H,4-8,13-16H2,2H3,(H,22,26)(H,23,25). The highest BCUT2D eigenvalue weighted by molar-refractivity contribution is 5.78. The molecule has 0 atom stereocenters. The average Bonchev–Trinajstić information content (AvgIpc) is 2.64. The van der Waals surface area contributed by atoms with E-state index in [0.29, 0.717) is 19.1 Å². The van der Waals surface area contributed by atoms with Gasteiger partial charge < -0.3 is 15.5 Å². The number of terminal acetylenes is 1. The first kappa shape index (κ1) is 19.8. The van der Waals surface area contributed by atoms with Crippen LogP contribution in [0.1, 0.15) is 49.7 Å². The highest BCUT2D eigenvalue weighted by Crippen LogP contribution is 2.17. The second-order valence-electron chi connectivity index (χ2n) is 6.93. The Kier molecular flexibility index (Phi) is 8.01. The zero-order chi connectivity index (χ0) is 18.8. The SMILES string of the molecule is C#CCN(Cc1ccc(C)cc1)C(=O)NCCC(=O)NC1CCCCC1. The fraction of sp³-hybridized carbons (Fsp3) is 0.524. The molecule has 1 aliphatic rings. The molecule has 1 aliphatic carbocycles. The Morgan fingerprint density at radius 2 is 1.88 bits per heavy atom. The maximum Gasteiger partial charge on any atom is 0.318 e. The minimum Gasteiger partial charge on any atom is -0.353 e. The van der Waals surface area contributed by atoms with Crippen LogP contribution in [-0.4, -0.2) is 36.0 Å². The van der Waals surface area contributed by atoms with Gasteiger partial charge in [0.2, 0.25) is 5.91 Å². The molecular weight excluding hydrogens is 326 g/mol. The predicted octanol–water partition coefficient (Wildman–Crippen LogP) is 2.98. The monoisotopic (exact) mass is 355 g/mol. The summed E-state index contributed by atoms with van der Waals surface area (Å²) in [6.07, 6.45) is 11.4. The Morgan fingerprint density at radius 1 is 1.19 bits per heavy atom. The van der Waals surface area contributed by atoms with Crippen LogP contribution in [-0.2, 0) is 11.3 Å². The van der Waals surface area contributed by atoms with Gasteiger partial charge in [-0.25, -0.2) is 4.79 Å². The summed E-state index contributed by atoms with van der Waals surface area (Å²) >= 11 is 0. The summed E-state index contributed by atoms with van der Waals surface area (Å²) in [4.78, 5) is 25.9. The Bertz CT molecular complexity index is 628. The van der Waals surface area contributed by atoms with Crippen molar-refractivity contribution in [2.24, 2.45) is 0 Å². The van der Waals surface area contributed by atoms with E-state index in [0.717, 1.165) is 18.4 Å². The van der Waals surface area contributed by atoms with Crippen LogP contribution in [0, 0.1) is 19.3 Å². The third-order valence-electron chi connectivity index (χ3n) is 4.66. The molecule has 26 heavy (non-hydrogen) atoms. The smallest absolute Gasteiger partial charge is 0.318 e. The van der Waals surface area contributed by atoms with Gasteiger partial charge in [0.15, 0.2) is 0 Å². The van der Waals surface area contributed by atoms with Gasteiger partial charge in [0.1, 0.15) is 0 Å². The molecule has 0 aliphatic heterocycles. The first-order valence-corrected chi connectivity index (χ1v) is 9.39. The second-order valence-corrected chi connectivity index (χ2v) is 6.93. The van der Waals surface area contributed by atoms with Gasteiger partial charge in [-0.05, 0) is 25.3 Å². The van der Waals surface area contributed by atoms with E-state index >= 15 is 0 Å². The van der Waals surface area contributed by atoms with Crippen molar-refractivity contribution < 1.29 is 9.59 Å². The molecule has 1 fully saturated rings. The van der Waals surface area contributed by atoms with Crippen LogP contribution >= 0.6 is 0 Å². The summed E-state index contributed by atoms with van der Waals surface area (Å²) in [5.41, 5.74) is 2.20. The van der Waals surface area contributed by atoms with Crippen LogP contribution < -0.4 is 10.6 Å². The van der Waals surface area contributed by atoms with Crippen LogP contribution in [0.3, 0.4) is 0 Å². The first-order valence-electron chi connectivity index (χ1n) is 9.39. The summed E-state index contributed by atoms with van der Waals surface area (Å²) in [6, 6.07) is 8.06. The molecule has 0 spiro atoms. The van der Waals surface area contributed by atoms with Gasteiger partial charge in [-0.2, -0.15) is 0 Å². The second kappa shape index (κ2) is 10.5. The van der Waals surface area contributed by atoms with E-state index in [2.05, 4.69) is 16.6 Å². The molecule has 0 bridgehead atoms. The van der Waals surface area contributed by atoms with Gasteiger partial charge in [-0.15, -0.1) is 6.42 Å². The molecule has 0 radical (unpaired) electrons. The first-order chi connectivity index (χ1) is 12.6. The number of benzene rings is 1. The normalized spacial score (nSPS) is 14.3. The lowest BCUT2D eigenvalue weighted by atomic mass is 9.95. The molecule has 1 aromatic carbocycles. The summed E-state index contributed by atoms with van der Waals surface area (Å²) in [7, 11) is 0. The summed E-state index contributed by atoms with van der Waals surface area (Å²) in [6.45, 7) is 3.01. The van der Waals surface area contributed by atoms with Crippen molar-refractivity contribution in [3.8, 4) is 12.3 Å². The highest BCUT2D eigenvalue weighted by Gasteiger charge is 2.16. The lowest BCUT2D eigenvalue weighted by Crippen LogP contribution is -2.42. The largest absolute Gasteiger partial charge is 0.353 e. The van der Waals surface area contributed by atoms with Crippen LogP contribution in [0.25, 0.3) is 0 Å². The van der Waals surface area contributed by atoms with Gasteiger partial charge in [0, 0.05) is 25.6 Å².